The summed E-state index contributed by atoms with van der Waals surface area (Å²) in [5, 5.41) is 0.412. The van der Waals surface area contributed by atoms with Gasteiger partial charge in [-0.2, -0.15) is 11.8 Å². The molecule has 2 unspecified atom stereocenters. The molecule has 0 aromatic rings. The average Bonchev–Trinajstić information content (AvgIpc) is 2.15. The first kappa shape index (κ1) is 12.8. The number of carbonyl (C=O) groups excluding carboxylic acids is 1. The van der Waals surface area contributed by atoms with E-state index in [9.17, 15) is 4.79 Å². The summed E-state index contributed by atoms with van der Waals surface area (Å²) in [6.07, 6.45) is 1.45. The molecule has 2 N–H and O–H groups in total. The number of hydrogen-bond donors (Lipinski definition) is 1. The van der Waals surface area contributed by atoms with Gasteiger partial charge in [0.1, 0.15) is 0 Å². The van der Waals surface area contributed by atoms with Gasteiger partial charge in [-0.05, 0) is 6.42 Å². The van der Waals surface area contributed by atoms with E-state index in [0.29, 0.717) is 11.7 Å². The SMILES string of the molecule is CCC(N)C(C)SCCC(=O)OC. The van der Waals surface area contributed by atoms with Gasteiger partial charge >= 0.3 is 5.97 Å². The van der Waals surface area contributed by atoms with Gasteiger partial charge in [0.2, 0.25) is 0 Å². The van der Waals surface area contributed by atoms with Gasteiger partial charge in [-0.15, -0.1) is 0 Å². The van der Waals surface area contributed by atoms with E-state index >= 15 is 0 Å². The van der Waals surface area contributed by atoms with Gasteiger partial charge in [0.05, 0.1) is 13.5 Å². The predicted molar refractivity (Wildman–Crippen MR) is 56.8 cm³/mol. The molecule has 0 aromatic heterocycles. The third-order valence-electron chi connectivity index (χ3n) is 1.99. The second kappa shape index (κ2) is 7.21. The van der Waals surface area contributed by atoms with Crippen molar-refractivity contribution in [1.82, 2.24) is 0 Å². The lowest BCUT2D eigenvalue weighted by molar-refractivity contribution is -0.140. The molecule has 3 nitrogen and oxygen atoms in total. The van der Waals surface area contributed by atoms with Crippen molar-refractivity contribution in [3.63, 3.8) is 0 Å². The Balaban J connectivity index is 3.47. The van der Waals surface area contributed by atoms with E-state index in [0.717, 1.165) is 12.2 Å². The molecule has 0 amide bonds. The van der Waals surface area contributed by atoms with Crippen LogP contribution in [0.1, 0.15) is 26.7 Å². The Morgan fingerprint density at radius 2 is 2.23 bits per heavy atom. The highest BCUT2D eigenvalue weighted by Gasteiger charge is 2.11. The molecular formula is C9H19NO2S. The van der Waals surface area contributed by atoms with Crippen molar-refractivity contribution in [2.75, 3.05) is 12.9 Å². The normalized spacial score (nSPS) is 15.1. The van der Waals surface area contributed by atoms with Gasteiger partial charge in [-0.25, -0.2) is 0 Å². The molecule has 0 saturated carbocycles. The lowest BCUT2D eigenvalue weighted by atomic mass is 10.2. The molecule has 0 aliphatic rings. The zero-order valence-electron chi connectivity index (χ0n) is 8.58. The van der Waals surface area contributed by atoms with E-state index in [4.69, 9.17) is 5.73 Å². The number of nitrogens with two attached hydrogens (primary N) is 1. The van der Waals surface area contributed by atoms with Gasteiger partial charge in [-0.1, -0.05) is 13.8 Å². The standard InChI is InChI=1S/C9H19NO2S/c1-4-8(10)7(2)13-6-5-9(11)12-3/h7-8H,4-6,10H2,1-3H3. The second-order valence-corrected chi connectivity index (χ2v) is 4.46. The highest BCUT2D eigenvalue weighted by Crippen LogP contribution is 2.15. The van der Waals surface area contributed by atoms with Gasteiger partial charge in [0.25, 0.3) is 0 Å². The van der Waals surface area contributed by atoms with Crippen LogP contribution in [0.3, 0.4) is 0 Å². The Bertz CT molecular complexity index is 153. The Morgan fingerprint density at radius 3 is 2.69 bits per heavy atom. The van der Waals surface area contributed by atoms with Crippen LogP contribution < -0.4 is 5.73 Å². The van der Waals surface area contributed by atoms with Crippen LogP contribution in [0.5, 0.6) is 0 Å². The molecule has 13 heavy (non-hydrogen) atoms. The summed E-state index contributed by atoms with van der Waals surface area (Å²) in [4.78, 5) is 10.8. The van der Waals surface area contributed by atoms with Crippen LogP contribution in [0.4, 0.5) is 0 Å². The number of esters is 1. The van der Waals surface area contributed by atoms with Crippen molar-refractivity contribution in [2.24, 2.45) is 5.73 Å². The molecule has 0 fully saturated rings. The fourth-order valence-electron chi connectivity index (χ4n) is 0.886. The third-order valence-corrected chi connectivity index (χ3v) is 3.30. The fraction of sp³-hybridized carbons (Fsp3) is 0.889. The van der Waals surface area contributed by atoms with Gasteiger partial charge < -0.3 is 10.5 Å². The molecule has 0 spiro atoms. The van der Waals surface area contributed by atoms with Crippen LogP contribution >= 0.6 is 11.8 Å². The Labute approximate surface area is 84.4 Å². The first-order valence-electron chi connectivity index (χ1n) is 4.55. The first-order chi connectivity index (χ1) is 6.11. The van der Waals surface area contributed by atoms with Crippen LogP contribution in [0.25, 0.3) is 0 Å². The van der Waals surface area contributed by atoms with E-state index in [1.54, 1.807) is 11.8 Å². The molecule has 0 heterocycles. The Hall–Kier alpha value is -0.220. The molecule has 0 rings (SSSR count). The maximum atomic E-state index is 10.8. The van der Waals surface area contributed by atoms with Crippen molar-refractivity contribution >= 4 is 17.7 Å². The van der Waals surface area contributed by atoms with E-state index in [2.05, 4.69) is 18.6 Å². The van der Waals surface area contributed by atoms with Crippen molar-refractivity contribution in [3.8, 4) is 0 Å². The number of methoxy groups -OCH3 is 1. The topological polar surface area (TPSA) is 52.3 Å². The maximum Gasteiger partial charge on any atom is 0.306 e. The van der Waals surface area contributed by atoms with Crippen molar-refractivity contribution in [3.05, 3.63) is 0 Å². The quantitative estimate of drug-likeness (QED) is 0.666. The number of hydrogen-bond acceptors (Lipinski definition) is 4. The lowest BCUT2D eigenvalue weighted by Crippen LogP contribution is -2.29. The molecule has 0 bridgehead atoms. The number of carbonyl (C=O) groups is 1. The molecule has 0 aliphatic carbocycles. The lowest BCUT2D eigenvalue weighted by Gasteiger charge is -2.17. The van der Waals surface area contributed by atoms with Crippen LogP contribution in [-0.4, -0.2) is 30.1 Å². The minimum atomic E-state index is -0.148. The second-order valence-electron chi connectivity index (χ2n) is 2.97. The zero-order chi connectivity index (χ0) is 10.3. The molecule has 2 atom stereocenters. The number of thioether (sulfide) groups is 1. The van der Waals surface area contributed by atoms with Gasteiger partial charge in [-0.3, -0.25) is 4.79 Å². The van der Waals surface area contributed by atoms with Crippen molar-refractivity contribution in [1.29, 1.82) is 0 Å². The highest BCUT2D eigenvalue weighted by atomic mass is 32.2. The van der Waals surface area contributed by atoms with E-state index < -0.39 is 0 Å². The fourth-order valence-corrected chi connectivity index (χ4v) is 1.98. The van der Waals surface area contributed by atoms with Crippen LogP contribution in [0.15, 0.2) is 0 Å². The summed E-state index contributed by atoms with van der Waals surface area (Å²) >= 11 is 1.73. The molecular weight excluding hydrogens is 186 g/mol. The van der Waals surface area contributed by atoms with E-state index in [1.165, 1.54) is 7.11 Å². The molecule has 0 aliphatic heterocycles. The highest BCUT2D eigenvalue weighted by molar-refractivity contribution is 7.99. The summed E-state index contributed by atoms with van der Waals surface area (Å²) in [5.41, 5.74) is 5.83. The summed E-state index contributed by atoms with van der Waals surface area (Å²) in [6, 6.07) is 0.225. The number of rotatable bonds is 6. The van der Waals surface area contributed by atoms with Gasteiger partial charge in [0, 0.05) is 17.0 Å². The van der Waals surface area contributed by atoms with Gasteiger partial charge in [0.15, 0.2) is 0 Å². The average molecular weight is 205 g/mol. The zero-order valence-corrected chi connectivity index (χ0v) is 9.39. The summed E-state index contributed by atoms with van der Waals surface area (Å²) < 4.78 is 4.54. The van der Waals surface area contributed by atoms with Crippen LogP contribution in [0, 0.1) is 0 Å². The Kier molecular flexibility index (Phi) is 7.09. The Morgan fingerprint density at radius 1 is 1.62 bits per heavy atom. The first-order valence-corrected chi connectivity index (χ1v) is 5.60. The maximum absolute atomic E-state index is 10.8. The third kappa shape index (κ3) is 5.93. The summed E-state index contributed by atoms with van der Waals surface area (Å²) in [6.45, 7) is 4.16. The molecule has 4 heteroatoms. The minimum Gasteiger partial charge on any atom is -0.469 e. The monoisotopic (exact) mass is 205 g/mol. The number of ether oxygens (including phenoxy) is 1. The predicted octanol–water partition coefficient (Wildman–Crippen LogP) is 1.41. The van der Waals surface area contributed by atoms with E-state index in [1.807, 2.05) is 0 Å². The van der Waals surface area contributed by atoms with Crippen molar-refractivity contribution in [2.45, 2.75) is 38.0 Å². The molecule has 0 radical (unpaired) electrons. The van der Waals surface area contributed by atoms with Crippen LogP contribution in [-0.2, 0) is 9.53 Å². The van der Waals surface area contributed by atoms with Crippen LogP contribution in [0.2, 0.25) is 0 Å². The smallest absolute Gasteiger partial charge is 0.306 e. The molecule has 0 aromatic carbocycles. The molecule has 78 valence electrons. The minimum absolute atomic E-state index is 0.148. The summed E-state index contributed by atoms with van der Waals surface area (Å²) in [7, 11) is 1.41. The van der Waals surface area contributed by atoms with E-state index in [-0.39, 0.29) is 12.0 Å². The summed E-state index contributed by atoms with van der Waals surface area (Å²) in [5.74, 6) is 0.645. The largest absolute Gasteiger partial charge is 0.469 e. The molecule has 0 saturated heterocycles. The van der Waals surface area contributed by atoms with Crippen molar-refractivity contribution < 1.29 is 9.53 Å².